The number of ether oxygens (including phenoxy) is 1. The van der Waals surface area contributed by atoms with E-state index in [4.69, 9.17) is 4.74 Å². The summed E-state index contributed by atoms with van der Waals surface area (Å²) in [7, 11) is 0. The molecule has 2 saturated heterocycles. The van der Waals surface area contributed by atoms with Gasteiger partial charge in [-0.25, -0.2) is 0 Å². The molecule has 4 unspecified atom stereocenters. The Morgan fingerprint density at radius 3 is 2.71 bits per heavy atom. The van der Waals surface area contributed by atoms with Crippen LogP contribution in [0.15, 0.2) is 60.7 Å². The minimum atomic E-state index is 0.615. The quantitative estimate of drug-likeness (QED) is 0.336. The molecule has 0 amide bonds. The van der Waals surface area contributed by atoms with E-state index in [0.717, 1.165) is 31.2 Å². The predicted octanol–water partition coefficient (Wildman–Crippen LogP) is 6.50. The third-order valence-electron chi connectivity index (χ3n) is 8.37. The van der Waals surface area contributed by atoms with E-state index in [1.165, 1.54) is 68.7 Å². The van der Waals surface area contributed by atoms with Crippen molar-refractivity contribution >= 4 is 17.4 Å². The van der Waals surface area contributed by atoms with Crippen LogP contribution >= 0.6 is 11.8 Å². The van der Waals surface area contributed by atoms with Crippen molar-refractivity contribution in [1.29, 1.82) is 0 Å². The first-order valence-corrected chi connectivity index (χ1v) is 14.5. The fourth-order valence-corrected chi connectivity index (χ4v) is 8.17. The highest BCUT2D eigenvalue weighted by Gasteiger charge is 2.46. The standard InChI is InChI=1S/C30H38N2OS/c1-3-10-28-25(8-1)26-16-21-34-29-11-4-2-9-27(29)30(26)32(28)22-23-12-14-24(15-13-23)33-20-7-19-31-17-5-6-18-31/h1,3-4,8,10-15,26-27,29-30H,2,5-7,9,16-22H2. The molecule has 6 rings (SSSR count). The predicted molar refractivity (Wildman–Crippen MR) is 144 cm³/mol. The first-order chi connectivity index (χ1) is 16.9. The maximum Gasteiger partial charge on any atom is 0.119 e. The largest absolute Gasteiger partial charge is 0.494 e. The molecule has 2 fully saturated rings. The Morgan fingerprint density at radius 2 is 1.82 bits per heavy atom. The Bertz CT molecular complexity index is 984. The zero-order valence-corrected chi connectivity index (χ0v) is 21.1. The van der Waals surface area contributed by atoms with E-state index in [-0.39, 0.29) is 0 Å². The Hall–Kier alpha value is -1.91. The van der Waals surface area contributed by atoms with E-state index in [0.29, 0.717) is 17.2 Å². The number of benzene rings is 2. The number of thioether (sulfide) groups is 1. The third kappa shape index (κ3) is 4.64. The molecule has 180 valence electrons. The van der Waals surface area contributed by atoms with E-state index in [1.807, 2.05) is 0 Å². The van der Waals surface area contributed by atoms with Crippen LogP contribution in [0.4, 0.5) is 5.69 Å². The summed E-state index contributed by atoms with van der Waals surface area (Å²) in [4.78, 5) is 5.32. The van der Waals surface area contributed by atoms with Gasteiger partial charge in [-0.3, -0.25) is 0 Å². The van der Waals surface area contributed by atoms with Gasteiger partial charge in [0.1, 0.15) is 5.75 Å². The summed E-state index contributed by atoms with van der Waals surface area (Å²) < 4.78 is 6.07. The van der Waals surface area contributed by atoms with Crippen LogP contribution in [0.5, 0.6) is 5.75 Å². The van der Waals surface area contributed by atoms with Gasteiger partial charge in [0.05, 0.1) is 6.61 Å². The molecule has 0 aromatic heterocycles. The summed E-state index contributed by atoms with van der Waals surface area (Å²) in [6.07, 6.45) is 12.6. The van der Waals surface area contributed by atoms with Crippen LogP contribution in [-0.2, 0) is 6.54 Å². The van der Waals surface area contributed by atoms with Gasteiger partial charge in [0.2, 0.25) is 0 Å². The van der Waals surface area contributed by atoms with Crippen molar-refractivity contribution in [2.75, 3.05) is 36.9 Å². The van der Waals surface area contributed by atoms with E-state index in [1.54, 1.807) is 5.56 Å². The van der Waals surface area contributed by atoms with Crippen molar-refractivity contribution in [3.8, 4) is 5.75 Å². The number of rotatable bonds is 7. The van der Waals surface area contributed by atoms with Crippen LogP contribution in [0, 0.1) is 5.92 Å². The van der Waals surface area contributed by atoms with Crippen molar-refractivity contribution in [1.82, 2.24) is 4.90 Å². The van der Waals surface area contributed by atoms with Gasteiger partial charge >= 0.3 is 0 Å². The SMILES string of the molecule is C1=CC2SCCC3c4ccccc4N(Cc4ccc(OCCCN5CCCC5)cc4)C3C2CC1. The second kappa shape index (κ2) is 10.4. The average Bonchev–Trinajstić information content (AvgIpc) is 3.45. The maximum absolute atomic E-state index is 6.07. The van der Waals surface area contributed by atoms with Crippen LogP contribution in [0.3, 0.4) is 0 Å². The highest BCUT2D eigenvalue weighted by molar-refractivity contribution is 8.00. The average molecular weight is 475 g/mol. The number of para-hydroxylation sites is 1. The van der Waals surface area contributed by atoms with Gasteiger partial charge in [-0.15, -0.1) is 0 Å². The summed E-state index contributed by atoms with van der Waals surface area (Å²) in [5.74, 6) is 3.70. The first-order valence-electron chi connectivity index (χ1n) is 13.4. The molecule has 2 aromatic carbocycles. The van der Waals surface area contributed by atoms with Crippen molar-refractivity contribution < 1.29 is 4.74 Å². The Balaban J connectivity index is 1.15. The van der Waals surface area contributed by atoms with Crippen LogP contribution in [0.25, 0.3) is 0 Å². The number of anilines is 1. The molecule has 0 radical (unpaired) electrons. The summed E-state index contributed by atoms with van der Waals surface area (Å²) in [5, 5.41) is 0.678. The topological polar surface area (TPSA) is 15.7 Å². The molecular weight excluding hydrogens is 436 g/mol. The molecule has 3 heterocycles. The highest BCUT2D eigenvalue weighted by atomic mass is 32.2. The first kappa shape index (κ1) is 22.5. The summed E-state index contributed by atoms with van der Waals surface area (Å²) >= 11 is 2.19. The lowest BCUT2D eigenvalue weighted by molar-refractivity contribution is 0.263. The van der Waals surface area contributed by atoms with Crippen LogP contribution in [0.1, 0.15) is 55.6 Å². The summed E-state index contributed by atoms with van der Waals surface area (Å²) in [5.41, 5.74) is 4.45. The van der Waals surface area contributed by atoms with Crippen LogP contribution in [-0.4, -0.2) is 48.2 Å². The molecule has 2 aromatic rings. The Labute approximate surface area is 209 Å². The second-order valence-corrected chi connectivity index (χ2v) is 11.8. The number of nitrogens with zero attached hydrogens (tertiary/aromatic N) is 2. The number of hydrogen-bond donors (Lipinski definition) is 0. The molecule has 0 bridgehead atoms. The normalized spacial score (nSPS) is 28.3. The molecule has 1 aliphatic carbocycles. The number of likely N-dealkylation sites (tertiary alicyclic amines) is 1. The molecule has 4 heteroatoms. The smallest absolute Gasteiger partial charge is 0.119 e. The number of allylic oxidation sites excluding steroid dienone is 1. The van der Waals surface area contributed by atoms with Gasteiger partial charge in [0.25, 0.3) is 0 Å². The summed E-state index contributed by atoms with van der Waals surface area (Å²) in [6.45, 7) is 5.52. The molecule has 34 heavy (non-hydrogen) atoms. The molecule has 4 atom stereocenters. The van der Waals surface area contributed by atoms with E-state index in [2.05, 4.69) is 82.2 Å². The van der Waals surface area contributed by atoms with Gasteiger partial charge in [-0.1, -0.05) is 42.5 Å². The molecule has 4 aliphatic rings. The monoisotopic (exact) mass is 474 g/mol. The zero-order chi connectivity index (χ0) is 22.7. The van der Waals surface area contributed by atoms with Gasteiger partial charge in [0, 0.05) is 36.0 Å². The Morgan fingerprint density at radius 1 is 0.971 bits per heavy atom. The van der Waals surface area contributed by atoms with Crippen molar-refractivity contribution in [3.05, 3.63) is 71.8 Å². The second-order valence-electron chi connectivity index (χ2n) is 10.5. The molecule has 3 aliphatic heterocycles. The highest BCUT2D eigenvalue weighted by Crippen LogP contribution is 2.52. The molecular formula is C30H38N2OS. The molecule has 3 nitrogen and oxygen atoms in total. The van der Waals surface area contributed by atoms with Gasteiger partial charge in [-0.05, 0) is 92.6 Å². The van der Waals surface area contributed by atoms with Gasteiger partial charge in [0.15, 0.2) is 0 Å². The van der Waals surface area contributed by atoms with Gasteiger partial charge in [-0.2, -0.15) is 11.8 Å². The van der Waals surface area contributed by atoms with Crippen molar-refractivity contribution in [3.63, 3.8) is 0 Å². The minimum absolute atomic E-state index is 0.615. The Kier molecular flexibility index (Phi) is 6.88. The van der Waals surface area contributed by atoms with Crippen molar-refractivity contribution in [2.24, 2.45) is 5.92 Å². The van der Waals surface area contributed by atoms with Gasteiger partial charge < -0.3 is 14.5 Å². The van der Waals surface area contributed by atoms with E-state index < -0.39 is 0 Å². The lowest BCUT2D eigenvalue weighted by atomic mass is 9.79. The minimum Gasteiger partial charge on any atom is -0.494 e. The lowest BCUT2D eigenvalue weighted by Crippen LogP contribution is -2.43. The van der Waals surface area contributed by atoms with Crippen molar-refractivity contribution in [2.45, 2.75) is 62.3 Å². The number of hydrogen-bond acceptors (Lipinski definition) is 4. The molecule has 0 spiro atoms. The summed E-state index contributed by atoms with van der Waals surface area (Å²) in [6, 6.07) is 18.8. The lowest BCUT2D eigenvalue weighted by Gasteiger charge is -2.39. The zero-order valence-electron chi connectivity index (χ0n) is 20.3. The fraction of sp³-hybridized carbons (Fsp3) is 0.533. The maximum atomic E-state index is 6.07. The van der Waals surface area contributed by atoms with E-state index in [9.17, 15) is 0 Å². The molecule has 0 saturated carbocycles. The van der Waals surface area contributed by atoms with Crippen LogP contribution < -0.4 is 9.64 Å². The fourth-order valence-electron chi connectivity index (χ4n) is 6.74. The molecule has 0 N–H and O–H groups in total. The third-order valence-corrected chi connectivity index (χ3v) is 9.74. The van der Waals surface area contributed by atoms with E-state index >= 15 is 0 Å². The number of fused-ring (bicyclic) bond motifs is 5. The van der Waals surface area contributed by atoms with Crippen LogP contribution in [0.2, 0.25) is 0 Å².